The number of imide groups is 1. The highest BCUT2D eigenvalue weighted by Crippen LogP contribution is 2.38. The summed E-state index contributed by atoms with van der Waals surface area (Å²) >= 11 is 0. The van der Waals surface area contributed by atoms with Gasteiger partial charge in [0.15, 0.2) is 0 Å². The Morgan fingerprint density at radius 1 is 0.921 bits per heavy atom. The average Bonchev–Trinajstić information content (AvgIpc) is 3.54. The van der Waals surface area contributed by atoms with Crippen LogP contribution in [0.15, 0.2) is 48.9 Å². The van der Waals surface area contributed by atoms with E-state index < -0.39 is 17.6 Å². The number of likely N-dealkylation sites (tertiary alicyclic amines) is 1. The number of nitrogens with zero attached hydrogens (tertiary/aromatic N) is 5. The van der Waals surface area contributed by atoms with Gasteiger partial charge in [-0.05, 0) is 49.1 Å². The summed E-state index contributed by atoms with van der Waals surface area (Å²) in [5.41, 5.74) is 3.29. The van der Waals surface area contributed by atoms with Gasteiger partial charge < -0.3 is 18.8 Å². The fourth-order valence-electron chi connectivity index (χ4n) is 5.96. The maximum atomic E-state index is 15.0. The van der Waals surface area contributed by atoms with Crippen LogP contribution in [0.2, 0.25) is 0 Å². The third kappa shape index (κ3) is 3.51. The molecule has 0 atom stereocenters. The van der Waals surface area contributed by atoms with E-state index in [1.807, 2.05) is 33.9 Å². The van der Waals surface area contributed by atoms with Gasteiger partial charge in [0.05, 0.1) is 22.4 Å². The minimum atomic E-state index is -0.536. The van der Waals surface area contributed by atoms with Gasteiger partial charge in [0.25, 0.3) is 11.8 Å². The molecule has 7 rings (SSSR count). The van der Waals surface area contributed by atoms with Crippen molar-refractivity contribution in [2.75, 3.05) is 19.6 Å². The summed E-state index contributed by atoms with van der Waals surface area (Å²) in [6.07, 6.45) is 8.45. The Balaban J connectivity index is 1.35. The van der Waals surface area contributed by atoms with E-state index in [-0.39, 0.29) is 23.7 Å². The van der Waals surface area contributed by atoms with Crippen molar-refractivity contribution in [1.82, 2.24) is 29.1 Å². The first kappa shape index (κ1) is 22.7. The lowest BCUT2D eigenvalue weighted by molar-refractivity contribution is -0.122. The molecule has 0 saturated carbocycles. The minimum absolute atomic E-state index is 0.0225. The number of benzene rings is 1. The van der Waals surface area contributed by atoms with E-state index in [1.165, 1.54) is 12.1 Å². The first-order chi connectivity index (χ1) is 18.5. The van der Waals surface area contributed by atoms with E-state index >= 15 is 4.39 Å². The Morgan fingerprint density at radius 2 is 1.74 bits per heavy atom. The van der Waals surface area contributed by atoms with Crippen molar-refractivity contribution in [3.8, 4) is 0 Å². The Hall–Kier alpha value is -4.47. The Morgan fingerprint density at radius 3 is 2.55 bits per heavy atom. The molecule has 0 bridgehead atoms. The van der Waals surface area contributed by atoms with Crippen LogP contribution in [0.1, 0.15) is 36.1 Å². The second-order valence-electron chi connectivity index (χ2n) is 10.1. The third-order valence-corrected chi connectivity index (χ3v) is 7.71. The number of hydrogen-bond acceptors (Lipinski definition) is 4. The van der Waals surface area contributed by atoms with Crippen LogP contribution in [0, 0.1) is 5.82 Å². The molecule has 4 amide bonds. The number of piperidine rings is 1. The first-order valence-electron chi connectivity index (χ1n) is 12.9. The molecular weight excluding hydrogens is 487 g/mol. The molecule has 0 spiro atoms. The SMILES string of the molecule is O=C1NC(=O)C(c2cn3c4c(cc(F)cc24)CN(C(=O)N2CCCCC2)CC3)=C1c1cn2ccccc2n1. The van der Waals surface area contributed by atoms with Crippen molar-refractivity contribution >= 4 is 45.5 Å². The van der Waals surface area contributed by atoms with Gasteiger partial charge in [-0.15, -0.1) is 0 Å². The maximum Gasteiger partial charge on any atom is 0.320 e. The molecule has 6 heterocycles. The summed E-state index contributed by atoms with van der Waals surface area (Å²) in [6, 6.07) is 8.35. The molecule has 1 saturated heterocycles. The average molecular weight is 513 g/mol. The number of aromatic nitrogens is 3. The van der Waals surface area contributed by atoms with Crippen LogP contribution in [0.5, 0.6) is 0 Å². The number of rotatable bonds is 2. The normalized spacial score (nSPS) is 18.0. The van der Waals surface area contributed by atoms with E-state index in [4.69, 9.17) is 0 Å². The molecule has 4 aromatic rings. The highest BCUT2D eigenvalue weighted by Gasteiger charge is 2.36. The zero-order chi connectivity index (χ0) is 26.0. The monoisotopic (exact) mass is 512 g/mol. The zero-order valence-electron chi connectivity index (χ0n) is 20.6. The number of carbonyl (C=O) groups is 3. The Bertz CT molecular complexity index is 1660. The largest absolute Gasteiger partial charge is 0.345 e. The topological polar surface area (TPSA) is 91.9 Å². The standard InChI is InChI=1S/C28H25FN6O3/c29-18-12-17-14-35(28(38)32-7-3-1-4-8-32)11-10-34-15-20(19(13-18)25(17)34)23-24(27(37)31-26(23)36)21-16-33-9-5-2-6-22(33)30-21/h2,5-6,9,12-13,15-16H,1,3-4,7-8,10-11,14H2,(H,31,36,37). The molecule has 3 aromatic heterocycles. The number of pyridine rings is 1. The van der Waals surface area contributed by atoms with Gasteiger partial charge in [-0.1, -0.05) is 6.07 Å². The van der Waals surface area contributed by atoms with Gasteiger partial charge in [-0.2, -0.15) is 0 Å². The molecule has 1 N–H and O–H groups in total. The quantitative estimate of drug-likeness (QED) is 0.417. The van der Waals surface area contributed by atoms with Crippen molar-refractivity contribution < 1.29 is 18.8 Å². The van der Waals surface area contributed by atoms with Gasteiger partial charge in [0, 0.05) is 62.3 Å². The van der Waals surface area contributed by atoms with Gasteiger partial charge in [0.1, 0.15) is 11.5 Å². The summed E-state index contributed by atoms with van der Waals surface area (Å²) in [4.78, 5) is 47.5. The van der Waals surface area contributed by atoms with Gasteiger partial charge in [-0.25, -0.2) is 14.2 Å². The molecule has 0 unspecified atom stereocenters. The number of carbonyl (C=O) groups excluding carboxylic acids is 3. The van der Waals surface area contributed by atoms with E-state index in [0.717, 1.165) is 37.9 Å². The third-order valence-electron chi connectivity index (χ3n) is 7.71. The van der Waals surface area contributed by atoms with Crippen molar-refractivity contribution in [1.29, 1.82) is 0 Å². The molecule has 9 nitrogen and oxygen atoms in total. The van der Waals surface area contributed by atoms with Crippen LogP contribution in [-0.2, 0) is 22.7 Å². The van der Waals surface area contributed by atoms with Gasteiger partial charge in [0.2, 0.25) is 0 Å². The number of urea groups is 1. The zero-order valence-corrected chi connectivity index (χ0v) is 20.6. The molecule has 1 aromatic carbocycles. The lowest BCUT2D eigenvalue weighted by Gasteiger charge is -2.32. The fraction of sp³-hybridized carbons (Fsp3) is 0.286. The second kappa shape index (κ2) is 8.54. The summed E-state index contributed by atoms with van der Waals surface area (Å²) < 4.78 is 18.8. The van der Waals surface area contributed by atoms with E-state index in [2.05, 4.69) is 10.3 Å². The number of nitrogens with one attached hydrogen (secondary N) is 1. The predicted molar refractivity (Wildman–Crippen MR) is 138 cm³/mol. The molecule has 3 aliphatic rings. The van der Waals surface area contributed by atoms with Gasteiger partial charge >= 0.3 is 6.03 Å². The molecule has 192 valence electrons. The lowest BCUT2D eigenvalue weighted by Crippen LogP contribution is -2.45. The van der Waals surface area contributed by atoms with Crippen LogP contribution in [-0.4, -0.2) is 61.2 Å². The molecular formula is C28H25FN6O3. The molecule has 1 fully saturated rings. The van der Waals surface area contributed by atoms with Crippen LogP contribution < -0.4 is 5.32 Å². The van der Waals surface area contributed by atoms with Crippen LogP contribution in [0.3, 0.4) is 0 Å². The minimum Gasteiger partial charge on any atom is -0.345 e. The van der Waals surface area contributed by atoms with Crippen molar-refractivity contribution in [2.24, 2.45) is 0 Å². The van der Waals surface area contributed by atoms with Crippen molar-refractivity contribution in [3.63, 3.8) is 0 Å². The number of hydrogen-bond donors (Lipinski definition) is 1. The Labute approximate surface area is 217 Å². The van der Waals surface area contributed by atoms with E-state index in [9.17, 15) is 14.4 Å². The summed E-state index contributed by atoms with van der Waals surface area (Å²) in [5, 5.41) is 2.94. The lowest BCUT2D eigenvalue weighted by atomic mass is 9.98. The fourth-order valence-corrected chi connectivity index (χ4v) is 5.96. The molecule has 3 aliphatic heterocycles. The summed E-state index contributed by atoms with van der Waals surface area (Å²) in [7, 11) is 0. The number of amides is 4. The summed E-state index contributed by atoms with van der Waals surface area (Å²) in [6.45, 7) is 2.71. The smallest absolute Gasteiger partial charge is 0.320 e. The van der Waals surface area contributed by atoms with Crippen molar-refractivity contribution in [2.45, 2.75) is 32.4 Å². The van der Waals surface area contributed by atoms with Crippen molar-refractivity contribution in [3.05, 3.63) is 71.6 Å². The molecule has 0 radical (unpaired) electrons. The number of fused-ring (bicyclic) bond motifs is 1. The van der Waals surface area contributed by atoms with Crippen LogP contribution in [0.25, 0.3) is 27.7 Å². The second-order valence-corrected chi connectivity index (χ2v) is 10.1. The number of halogens is 1. The highest BCUT2D eigenvalue weighted by molar-refractivity contribution is 6.49. The number of imidazole rings is 1. The van der Waals surface area contributed by atoms with Crippen LogP contribution >= 0.6 is 0 Å². The predicted octanol–water partition coefficient (Wildman–Crippen LogP) is 3.42. The molecule has 38 heavy (non-hydrogen) atoms. The molecule has 10 heteroatoms. The van der Waals surface area contributed by atoms with Gasteiger partial charge in [-0.3, -0.25) is 14.9 Å². The molecule has 0 aliphatic carbocycles. The maximum absolute atomic E-state index is 15.0. The highest BCUT2D eigenvalue weighted by atomic mass is 19.1. The van der Waals surface area contributed by atoms with E-state index in [0.29, 0.717) is 40.9 Å². The first-order valence-corrected chi connectivity index (χ1v) is 12.9. The Kier molecular flexibility index (Phi) is 5.10. The van der Waals surface area contributed by atoms with E-state index in [1.54, 1.807) is 21.7 Å². The van der Waals surface area contributed by atoms with Crippen LogP contribution in [0.4, 0.5) is 9.18 Å². The summed E-state index contributed by atoms with van der Waals surface area (Å²) in [5.74, 6) is -1.53.